The lowest BCUT2D eigenvalue weighted by Gasteiger charge is -2.14. The minimum absolute atomic E-state index is 0.152. The van der Waals surface area contributed by atoms with Crippen molar-refractivity contribution in [1.82, 2.24) is 20.6 Å². The number of hydrogen-bond donors (Lipinski definition) is 5. The summed E-state index contributed by atoms with van der Waals surface area (Å²) in [6, 6.07) is -1.52. The number of nitrogens with two attached hydrogens (primary N) is 1. The first-order valence-electron chi connectivity index (χ1n) is 5.58. The Labute approximate surface area is 104 Å². The summed E-state index contributed by atoms with van der Waals surface area (Å²) < 4.78 is 0. The van der Waals surface area contributed by atoms with Gasteiger partial charge in [0.25, 0.3) is 0 Å². The molecule has 0 spiro atoms. The van der Waals surface area contributed by atoms with Gasteiger partial charge in [0.1, 0.15) is 6.04 Å². The van der Waals surface area contributed by atoms with Crippen LogP contribution in [0, 0.1) is 0 Å². The van der Waals surface area contributed by atoms with E-state index in [0.717, 1.165) is 0 Å². The van der Waals surface area contributed by atoms with Crippen LogP contribution in [0.3, 0.4) is 0 Å². The normalized spacial score (nSPS) is 11.8. The third-order valence-electron chi connectivity index (χ3n) is 2.25. The Morgan fingerprint density at radius 1 is 1.56 bits per heavy atom. The Morgan fingerprint density at radius 3 is 2.89 bits per heavy atom. The fourth-order valence-corrected chi connectivity index (χ4v) is 1.33. The van der Waals surface area contributed by atoms with Gasteiger partial charge in [-0.05, 0) is 13.0 Å². The molecule has 18 heavy (non-hydrogen) atoms. The van der Waals surface area contributed by atoms with Gasteiger partial charge in [0.2, 0.25) is 0 Å². The van der Waals surface area contributed by atoms with Gasteiger partial charge < -0.3 is 26.5 Å². The number of urea groups is 1. The quantitative estimate of drug-likeness (QED) is 0.401. The van der Waals surface area contributed by atoms with E-state index in [2.05, 4.69) is 20.6 Å². The van der Waals surface area contributed by atoms with E-state index in [9.17, 15) is 9.59 Å². The molecule has 0 saturated heterocycles. The molecule has 1 aromatic rings. The highest BCUT2D eigenvalue weighted by Gasteiger charge is 2.20. The number of H-pyrrole nitrogens is 1. The highest BCUT2D eigenvalue weighted by molar-refractivity contribution is 5.82. The van der Waals surface area contributed by atoms with Gasteiger partial charge >= 0.3 is 12.0 Å². The summed E-state index contributed by atoms with van der Waals surface area (Å²) >= 11 is 0. The molecule has 0 aliphatic carbocycles. The lowest BCUT2D eigenvalue weighted by Crippen LogP contribution is -2.47. The Morgan fingerprint density at radius 2 is 2.33 bits per heavy atom. The molecule has 0 bridgehead atoms. The van der Waals surface area contributed by atoms with Crippen molar-refractivity contribution in [1.29, 1.82) is 0 Å². The van der Waals surface area contributed by atoms with Gasteiger partial charge in [-0.1, -0.05) is 0 Å². The summed E-state index contributed by atoms with van der Waals surface area (Å²) in [6.07, 6.45) is 3.77. The minimum Gasteiger partial charge on any atom is -0.480 e. The van der Waals surface area contributed by atoms with Crippen molar-refractivity contribution >= 4 is 12.0 Å². The molecular formula is C10H17N5O3. The van der Waals surface area contributed by atoms with Gasteiger partial charge in [-0.2, -0.15) is 0 Å². The lowest BCUT2D eigenvalue weighted by molar-refractivity contribution is -0.139. The molecular weight excluding hydrogens is 238 g/mol. The van der Waals surface area contributed by atoms with E-state index in [4.69, 9.17) is 10.8 Å². The number of rotatable bonds is 7. The Hall–Kier alpha value is -2.09. The van der Waals surface area contributed by atoms with Crippen molar-refractivity contribution in [2.24, 2.45) is 5.73 Å². The third-order valence-corrected chi connectivity index (χ3v) is 2.25. The van der Waals surface area contributed by atoms with Crippen LogP contribution in [0.15, 0.2) is 12.5 Å². The fraction of sp³-hybridized carbons (Fsp3) is 0.500. The number of carbonyl (C=O) groups excluding carboxylic acids is 1. The zero-order valence-electron chi connectivity index (χ0n) is 9.85. The molecule has 0 aromatic carbocycles. The third kappa shape index (κ3) is 4.83. The van der Waals surface area contributed by atoms with E-state index in [0.29, 0.717) is 25.2 Å². The van der Waals surface area contributed by atoms with Gasteiger partial charge in [-0.15, -0.1) is 0 Å². The highest BCUT2D eigenvalue weighted by atomic mass is 16.4. The predicted octanol–water partition coefficient (Wildman–Crippen LogP) is -0.947. The monoisotopic (exact) mass is 255 g/mol. The van der Waals surface area contributed by atoms with Gasteiger partial charge in [-0.3, -0.25) is 0 Å². The number of carbonyl (C=O) groups is 2. The maximum absolute atomic E-state index is 11.4. The van der Waals surface area contributed by atoms with Crippen LogP contribution in [0.2, 0.25) is 0 Å². The largest absolute Gasteiger partial charge is 0.480 e. The van der Waals surface area contributed by atoms with E-state index in [1.165, 1.54) is 12.5 Å². The van der Waals surface area contributed by atoms with E-state index in [1.807, 2.05) is 0 Å². The summed E-state index contributed by atoms with van der Waals surface area (Å²) in [7, 11) is 0. The summed E-state index contributed by atoms with van der Waals surface area (Å²) in [6.45, 7) is 0.884. The van der Waals surface area contributed by atoms with Crippen LogP contribution in [-0.4, -0.2) is 46.2 Å². The number of aromatic nitrogens is 2. The van der Waals surface area contributed by atoms with Crippen molar-refractivity contribution < 1.29 is 14.7 Å². The van der Waals surface area contributed by atoms with E-state index < -0.39 is 18.0 Å². The predicted molar refractivity (Wildman–Crippen MR) is 63.9 cm³/mol. The summed E-state index contributed by atoms with van der Waals surface area (Å²) in [5.41, 5.74) is 5.92. The Kier molecular flexibility index (Phi) is 5.65. The zero-order chi connectivity index (χ0) is 13.4. The molecule has 0 fully saturated rings. The van der Waals surface area contributed by atoms with Gasteiger partial charge in [-0.25, -0.2) is 14.6 Å². The number of imidazole rings is 1. The van der Waals surface area contributed by atoms with Crippen molar-refractivity contribution in [3.63, 3.8) is 0 Å². The van der Waals surface area contributed by atoms with Gasteiger partial charge in [0.05, 0.1) is 6.33 Å². The second-order valence-corrected chi connectivity index (χ2v) is 3.71. The summed E-state index contributed by atoms with van der Waals surface area (Å²) in [5, 5.41) is 13.9. The van der Waals surface area contributed by atoms with Crippen LogP contribution in [0.25, 0.3) is 0 Å². The fourth-order valence-electron chi connectivity index (χ4n) is 1.33. The molecule has 1 aromatic heterocycles. The molecule has 0 aliphatic heterocycles. The molecule has 1 atom stereocenters. The second kappa shape index (κ2) is 7.28. The minimum atomic E-state index is -1.10. The Balaban J connectivity index is 2.42. The molecule has 6 N–H and O–H groups in total. The molecule has 0 aliphatic rings. The summed E-state index contributed by atoms with van der Waals surface area (Å²) in [4.78, 5) is 29.0. The molecule has 1 rings (SSSR count). The van der Waals surface area contributed by atoms with Crippen LogP contribution in [0.1, 0.15) is 12.1 Å². The molecule has 8 heteroatoms. The smallest absolute Gasteiger partial charge is 0.326 e. The van der Waals surface area contributed by atoms with Gasteiger partial charge in [0, 0.05) is 24.9 Å². The number of amides is 2. The van der Waals surface area contributed by atoms with E-state index in [1.54, 1.807) is 0 Å². The molecule has 0 radical (unpaired) electrons. The van der Waals surface area contributed by atoms with E-state index >= 15 is 0 Å². The lowest BCUT2D eigenvalue weighted by atomic mass is 10.2. The zero-order valence-corrected chi connectivity index (χ0v) is 9.85. The van der Waals surface area contributed by atoms with Crippen LogP contribution >= 0.6 is 0 Å². The number of hydrogen-bond acceptors (Lipinski definition) is 4. The average molecular weight is 255 g/mol. The van der Waals surface area contributed by atoms with Crippen LogP contribution < -0.4 is 16.4 Å². The molecule has 8 nitrogen and oxygen atoms in total. The summed E-state index contributed by atoms with van der Waals surface area (Å²) in [5.74, 6) is -1.10. The second-order valence-electron chi connectivity index (χ2n) is 3.71. The van der Waals surface area contributed by atoms with Crippen molar-refractivity contribution in [3.8, 4) is 0 Å². The van der Waals surface area contributed by atoms with E-state index in [-0.39, 0.29) is 6.42 Å². The maximum atomic E-state index is 11.4. The first-order chi connectivity index (χ1) is 8.63. The topological polar surface area (TPSA) is 133 Å². The first kappa shape index (κ1) is 14.0. The number of nitrogens with zero attached hydrogens (tertiary/aromatic N) is 1. The maximum Gasteiger partial charge on any atom is 0.326 e. The van der Waals surface area contributed by atoms with Crippen molar-refractivity contribution in [3.05, 3.63) is 18.2 Å². The van der Waals surface area contributed by atoms with Crippen LogP contribution in [0.4, 0.5) is 4.79 Å². The average Bonchev–Trinajstić information content (AvgIpc) is 2.81. The molecule has 100 valence electrons. The van der Waals surface area contributed by atoms with Crippen molar-refractivity contribution in [2.75, 3.05) is 13.1 Å². The SMILES string of the molecule is NCCCNC(=O)N[C@H](Cc1cnc[nH]1)C(=O)O. The number of carboxylic acids is 1. The van der Waals surface area contributed by atoms with Crippen LogP contribution in [0.5, 0.6) is 0 Å². The highest BCUT2D eigenvalue weighted by Crippen LogP contribution is 1.98. The molecule has 0 unspecified atom stereocenters. The number of carboxylic acid groups (broad SMARTS) is 1. The number of nitrogens with one attached hydrogen (secondary N) is 3. The number of aromatic amines is 1. The Bertz CT molecular complexity index is 379. The van der Waals surface area contributed by atoms with Crippen LogP contribution in [-0.2, 0) is 11.2 Å². The van der Waals surface area contributed by atoms with Crippen molar-refractivity contribution in [2.45, 2.75) is 18.9 Å². The van der Waals surface area contributed by atoms with Gasteiger partial charge in [0.15, 0.2) is 0 Å². The first-order valence-corrected chi connectivity index (χ1v) is 5.58. The molecule has 2 amide bonds. The number of aliphatic carboxylic acids is 1. The standard InChI is InChI=1S/C10H17N5O3/c11-2-1-3-13-10(18)15-8(9(16)17)4-7-5-12-6-14-7/h5-6,8H,1-4,11H2,(H,12,14)(H,16,17)(H2,13,15,18)/t8-/m1/s1. The molecule has 0 saturated carbocycles. The molecule has 1 heterocycles.